The van der Waals surface area contributed by atoms with Crippen molar-refractivity contribution in [1.82, 2.24) is 35.6 Å². The normalized spacial score (nSPS) is 13.3. The number of carbonyl (C=O) groups is 8. The smallest absolute Gasteiger partial charge is 0.407 e. The molecule has 0 fully saturated rings. The maximum atomic E-state index is 15.5. The lowest BCUT2D eigenvalue weighted by Gasteiger charge is -2.41. The van der Waals surface area contributed by atoms with Crippen molar-refractivity contribution in [3.63, 3.8) is 0 Å². The van der Waals surface area contributed by atoms with E-state index >= 15 is 4.39 Å². The molecule has 1 aliphatic rings. The highest BCUT2D eigenvalue weighted by Crippen LogP contribution is 2.41. The minimum Gasteiger partial charge on any atom is -0.460 e. The lowest BCUT2D eigenvalue weighted by Crippen LogP contribution is -2.49. The van der Waals surface area contributed by atoms with Gasteiger partial charge >= 0.3 is 12.1 Å². The Morgan fingerprint density at radius 3 is 1.93 bits per heavy atom. The molecular formula is C60H87F2N7O14SSi. The number of benzene rings is 2. The summed E-state index contributed by atoms with van der Waals surface area (Å²) in [4.78, 5) is 105. The first-order valence-electron chi connectivity index (χ1n) is 28.6. The number of imide groups is 1. The zero-order chi connectivity index (χ0) is 62.6. The van der Waals surface area contributed by atoms with Crippen molar-refractivity contribution in [3.05, 3.63) is 95.8 Å². The fraction of sp³-hybridized carbons (Fsp3) is 0.567. The van der Waals surface area contributed by atoms with Gasteiger partial charge in [-0.05, 0) is 68.5 Å². The summed E-state index contributed by atoms with van der Waals surface area (Å²) in [6.45, 7) is 20.3. The zero-order valence-electron chi connectivity index (χ0n) is 50.7. The van der Waals surface area contributed by atoms with Gasteiger partial charge in [0.2, 0.25) is 23.6 Å². The highest BCUT2D eigenvalue weighted by molar-refractivity contribution is 8.00. The summed E-state index contributed by atoms with van der Waals surface area (Å²) in [6, 6.07) is 13.6. The average molecular weight is 1230 g/mol. The predicted octanol–water partition coefficient (Wildman–Crippen LogP) is 6.42. The van der Waals surface area contributed by atoms with Gasteiger partial charge in [-0.1, -0.05) is 70.7 Å². The molecule has 85 heavy (non-hydrogen) atoms. The second kappa shape index (κ2) is 35.8. The Kier molecular flexibility index (Phi) is 29.9. The van der Waals surface area contributed by atoms with Gasteiger partial charge in [0.05, 0.1) is 77.7 Å². The van der Waals surface area contributed by atoms with Crippen molar-refractivity contribution in [3.8, 4) is 11.1 Å². The number of nitrogens with zero attached hydrogens (tertiary/aromatic N) is 3. The number of thioether (sulfide) groups is 1. The molecule has 25 heteroatoms. The quantitative estimate of drug-likeness (QED) is 0.0209. The summed E-state index contributed by atoms with van der Waals surface area (Å²) in [5.41, 5.74) is 0.592. The summed E-state index contributed by atoms with van der Waals surface area (Å²) in [6.07, 6.45) is 3.24. The number of hydrogen-bond donors (Lipinski definition) is 4. The number of esters is 1. The Balaban J connectivity index is 1.38. The summed E-state index contributed by atoms with van der Waals surface area (Å²) in [5, 5.41) is 10.9. The van der Waals surface area contributed by atoms with E-state index in [-0.39, 0.29) is 121 Å². The minimum atomic E-state index is -1.46. The van der Waals surface area contributed by atoms with Crippen LogP contribution < -0.4 is 21.3 Å². The number of carbonyl (C=O) groups excluding carboxylic acids is 8. The number of rotatable bonds is 38. The molecule has 7 amide bonds. The number of halogens is 2. The molecule has 1 aliphatic heterocycles. The van der Waals surface area contributed by atoms with Gasteiger partial charge in [-0.15, -0.1) is 11.8 Å². The number of ether oxygens (including phenoxy) is 6. The van der Waals surface area contributed by atoms with Gasteiger partial charge in [0.25, 0.3) is 11.8 Å². The van der Waals surface area contributed by atoms with Crippen LogP contribution in [0.2, 0.25) is 25.7 Å². The van der Waals surface area contributed by atoms with Gasteiger partial charge < -0.3 is 59.2 Å². The van der Waals surface area contributed by atoms with Gasteiger partial charge in [-0.25, -0.2) is 13.6 Å². The Bertz CT molecular complexity index is 2680. The van der Waals surface area contributed by atoms with E-state index in [1.165, 1.54) is 0 Å². The van der Waals surface area contributed by atoms with Crippen molar-refractivity contribution in [2.75, 3.05) is 104 Å². The third-order valence-corrected chi connectivity index (χ3v) is 15.3. The summed E-state index contributed by atoms with van der Waals surface area (Å²) >= 11 is 1.12. The second-order valence-electron chi connectivity index (χ2n) is 23.4. The molecule has 0 aliphatic carbocycles. The zero-order valence-corrected chi connectivity index (χ0v) is 52.5. The lowest BCUT2D eigenvalue weighted by atomic mass is 9.83. The van der Waals surface area contributed by atoms with Gasteiger partial charge in [0.1, 0.15) is 29.8 Å². The Hall–Kier alpha value is -6.51. The summed E-state index contributed by atoms with van der Waals surface area (Å²) in [5.74, 6) is -5.03. The first-order valence-corrected chi connectivity index (χ1v) is 33.4. The molecule has 4 rings (SSSR count). The molecule has 2 atom stereocenters. The average Bonchev–Trinajstić information content (AvgIpc) is 2.41. The molecule has 0 saturated heterocycles. The van der Waals surface area contributed by atoms with Crippen LogP contribution in [0.5, 0.6) is 0 Å². The Morgan fingerprint density at radius 1 is 0.718 bits per heavy atom. The first-order chi connectivity index (χ1) is 40.2. The molecule has 0 unspecified atom stereocenters. The fourth-order valence-electron chi connectivity index (χ4n) is 8.54. The van der Waals surface area contributed by atoms with E-state index in [1.807, 2.05) is 55.7 Å². The topological polar surface area (TPSA) is 251 Å². The molecule has 0 radical (unpaired) electrons. The number of alkyl carbamates (subject to hydrolysis) is 1. The van der Waals surface area contributed by atoms with E-state index in [2.05, 4.69) is 40.9 Å². The van der Waals surface area contributed by atoms with Crippen LogP contribution in [0.1, 0.15) is 78.1 Å². The van der Waals surface area contributed by atoms with E-state index in [1.54, 1.807) is 37.9 Å². The van der Waals surface area contributed by atoms with Crippen molar-refractivity contribution in [1.29, 1.82) is 0 Å². The maximum absolute atomic E-state index is 15.5. The van der Waals surface area contributed by atoms with Crippen LogP contribution >= 0.6 is 11.8 Å². The molecular weight excluding hydrogens is 1140 g/mol. The van der Waals surface area contributed by atoms with Crippen LogP contribution in [-0.4, -0.2) is 185 Å². The number of amides is 7. The van der Waals surface area contributed by atoms with E-state index < -0.39 is 84.4 Å². The molecule has 0 spiro atoms. The van der Waals surface area contributed by atoms with Gasteiger partial charge in [-0.3, -0.25) is 38.5 Å². The van der Waals surface area contributed by atoms with Crippen LogP contribution in [0, 0.1) is 17.0 Å². The van der Waals surface area contributed by atoms with E-state index in [4.69, 9.17) is 28.4 Å². The van der Waals surface area contributed by atoms with Crippen LogP contribution in [0.15, 0.2) is 72.9 Å². The van der Waals surface area contributed by atoms with Crippen molar-refractivity contribution in [2.45, 2.75) is 111 Å². The van der Waals surface area contributed by atoms with Crippen LogP contribution in [0.3, 0.4) is 0 Å². The molecule has 1 aromatic heterocycles. The predicted molar refractivity (Wildman–Crippen MR) is 321 cm³/mol. The van der Waals surface area contributed by atoms with Crippen LogP contribution in [0.25, 0.3) is 11.1 Å². The number of nitrogens with one attached hydrogen (secondary N) is 4. The summed E-state index contributed by atoms with van der Waals surface area (Å²) < 4.78 is 65.1. The van der Waals surface area contributed by atoms with Crippen molar-refractivity contribution >= 4 is 67.3 Å². The lowest BCUT2D eigenvalue weighted by molar-refractivity contribution is -0.155. The minimum absolute atomic E-state index is 0.0472. The monoisotopic (exact) mass is 1230 g/mol. The molecule has 4 N–H and O–H groups in total. The van der Waals surface area contributed by atoms with E-state index in [9.17, 15) is 42.7 Å². The molecule has 2 heterocycles. The van der Waals surface area contributed by atoms with Crippen molar-refractivity contribution in [2.24, 2.45) is 5.41 Å². The maximum Gasteiger partial charge on any atom is 0.407 e. The molecule has 0 bridgehead atoms. The van der Waals surface area contributed by atoms with Gasteiger partial charge in [0.15, 0.2) is 0 Å². The molecule has 0 saturated carbocycles. The van der Waals surface area contributed by atoms with E-state index in [0.717, 1.165) is 58.6 Å². The highest BCUT2D eigenvalue weighted by Gasteiger charge is 2.38. The molecule has 21 nitrogen and oxygen atoms in total. The molecule has 470 valence electrons. The van der Waals surface area contributed by atoms with Crippen molar-refractivity contribution < 1.29 is 75.6 Å². The second-order valence-corrected chi connectivity index (χ2v) is 30.0. The Labute approximate surface area is 503 Å². The Morgan fingerprint density at radius 2 is 1.33 bits per heavy atom. The number of aromatic nitrogens is 1. The largest absolute Gasteiger partial charge is 0.460 e. The van der Waals surface area contributed by atoms with Gasteiger partial charge in [-0.2, -0.15) is 0 Å². The highest BCUT2D eigenvalue weighted by atomic mass is 32.2. The fourth-order valence-corrected chi connectivity index (χ4v) is 10.2. The molecule has 3 aromatic rings. The molecule has 2 aromatic carbocycles. The SMILES string of the molecule is CC(C)(C)OC(=O)CCC(=O)N[C@@H](CSCC(=O)N(CCCNC(=O)OCC[Si](C)(C)C)[C@@H](c1cc(-c2cc(F)ccc2F)cn1Cc1ccccc1)C(C)(C)C)C(=O)NCCOCCOCCOCCOCCNC(=O)CN1C(=O)C=CC1=O. The summed E-state index contributed by atoms with van der Waals surface area (Å²) in [7, 11) is -1.46. The third-order valence-electron chi connectivity index (χ3n) is 12.6. The van der Waals surface area contributed by atoms with E-state index in [0.29, 0.717) is 30.8 Å². The number of hydrogen-bond acceptors (Lipinski definition) is 15. The van der Waals surface area contributed by atoms with Gasteiger partial charge in [0, 0.05) is 88.1 Å². The standard InChI is InChI=1S/C60H87F2N7O14SSi/c1-59(2,3)56(49-36-44(46-37-45(61)16-17-47(46)62)39-67(49)38-43-14-11-10-12-15-43)68(25-13-22-65-58(77)82-34-35-85(7,8)9)54(74)42-84-41-48(66-50(70)18-21-55(75)83-60(4,5)6)57(76)64-24-27-79-29-31-81-33-32-80-30-28-78-26-23-63-51(71)40-69-52(72)19-20-53(69)73/h10-12,14-17,19-20,36-37,39,48,56H,13,18,21-35,38,40-42H2,1-9H3,(H,63,71)(H,64,76)(H,65,77)(H,66,70)/t48-,56-/m0/s1. The van der Waals surface area contributed by atoms with Crippen LogP contribution in [-0.2, 0) is 68.5 Å². The third kappa shape index (κ3) is 27.6. The first kappa shape index (κ1) is 71.0. The van der Waals surface area contributed by atoms with Crippen LogP contribution in [0.4, 0.5) is 13.6 Å².